The number of nitrogens with zero attached hydrogens (tertiary/aromatic N) is 2. The van der Waals surface area contributed by atoms with Crippen LogP contribution < -0.4 is 5.32 Å². The SMILES string of the molecule is COCC(C)Nc1nc2c([N+](=O)[O-])cccc2o1. The lowest BCUT2D eigenvalue weighted by Gasteiger charge is -2.09. The molecule has 1 heterocycles. The van der Waals surface area contributed by atoms with Crippen molar-refractivity contribution >= 4 is 22.8 Å². The average molecular weight is 251 g/mol. The third kappa shape index (κ3) is 2.40. The number of nitro groups is 1. The van der Waals surface area contributed by atoms with E-state index in [9.17, 15) is 10.1 Å². The number of rotatable bonds is 5. The van der Waals surface area contributed by atoms with Crippen molar-refractivity contribution in [3.63, 3.8) is 0 Å². The van der Waals surface area contributed by atoms with Gasteiger partial charge in [-0.1, -0.05) is 6.07 Å². The number of nitro benzene ring substituents is 1. The number of oxazole rings is 1. The Hall–Kier alpha value is -2.15. The van der Waals surface area contributed by atoms with Gasteiger partial charge in [-0.05, 0) is 13.0 Å². The van der Waals surface area contributed by atoms with Crippen LogP contribution in [0.5, 0.6) is 0 Å². The Kier molecular flexibility index (Phi) is 3.42. The highest BCUT2D eigenvalue weighted by atomic mass is 16.6. The molecule has 18 heavy (non-hydrogen) atoms. The van der Waals surface area contributed by atoms with Gasteiger partial charge in [0.1, 0.15) is 0 Å². The molecule has 0 saturated heterocycles. The summed E-state index contributed by atoms with van der Waals surface area (Å²) >= 11 is 0. The van der Waals surface area contributed by atoms with Gasteiger partial charge in [0, 0.05) is 13.2 Å². The number of ether oxygens (including phenoxy) is 1. The van der Waals surface area contributed by atoms with Crippen LogP contribution in [0.4, 0.5) is 11.7 Å². The Morgan fingerprint density at radius 1 is 1.61 bits per heavy atom. The number of hydrogen-bond donors (Lipinski definition) is 1. The second-order valence-electron chi connectivity index (χ2n) is 3.90. The molecule has 0 saturated carbocycles. The van der Waals surface area contributed by atoms with Crippen molar-refractivity contribution in [2.75, 3.05) is 19.0 Å². The molecule has 0 radical (unpaired) electrons. The Morgan fingerprint density at radius 3 is 3.06 bits per heavy atom. The molecule has 0 aliphatic heterocycles. The van der Waals surface area contributed by atoms with Crippen molar-refractivity contribution in [3.8, 4) is 0 Å². The minimum Gasteiger partial charge on any atom is -0.423 e. The average Bonchev–Trinajstić information content (AvgIpc) is 2.70. The van der Waals surface area contributed by atoms with Crippen LogP contribution in [0.25, 0.3) is 11.1 Å². The van der Waals surface area contributed by atoms with E-state index in [1.165, 1.54) is 6.07 Å². The van der Waals surface area contributed by atoms with Crippen LogP contribution in [0.3, 0.4) is 0 Å². The van der Waals surface area contributed by atoms with Crippen molar-refractivity contribution in [1.29, 1.82) is 0 Å². The molecule has 1 N–H and O–H groups in total. The van der Waals surface area contributed by atoms with Gasteiger partial charge in [-0.3, -0.25) is 10.1 Å². The van der Waals surface area contributed by atoms with E-state index in [2.05, 4.69) is 10.3 Å². The first kappa shape index (κ1) is 12.3. The van der Waals surface area contributed by atoms with Crippen LogP contribution in [-0.2, 0) is 4.74 Å². The van der Waals surface area contributed by atoms with Gasteiger partial charge in [-0.15, -0.1) is 0 Å². The highest BCUT2D eigenvalue weighted by Crippen LogP contribution is 2.27. The third-order valence-electron chi connectivity index (χ3n) is 2.38. The molecule has 2 rings (SSSR count). The van der Waals surface area contributed by atoms with Gasteiger partial charge in [-0.2, -0.15) is 4.98 Å². The summed E-state index contributed by atoms with van der Waals surface area (Å²) in [5, 5.41) is 13.8. The van der Waals surface area contributed by atoms with E-state index in [1.54, 1.807) is 19.2 Å². The molecule has 0 aliphatic rings. The Balaban J connectivity index is 2.32. The lowest BCUT2D eigenvalue weighted by Crippen LogP contribution is -2.20. The normalized spacial score (nSPS) is 12.6. The third-order valence-corrected chi connectivity index (χ3v) is 2.38. The van der Waals surface area contributed by atoms with Crippen molar-refractivity contribution in [2.45, 2.75) is 13.0 Å². The largest absolute Gasteiger partial charge is 0.423 e. The van der Waals surface area contributed by atoms with Crippen LogP contribution in [0.2, 0.25) is 0 Å². The van der Waals surface area contributed by atoms with Crippen LogP contribution in [0, 0.1) is 10.1 Å². The molecule has 0 aliphatic carbocycles. The predicted octanol–water partition coefficient (Wildman–Crippen LogP) is 2.18. The zero-order valence-corrected chi connectivity index (χ0v) is 10.0. The number of nitrogens with one attached hydrogen (secondary N) is 1. The topological polar surface area (TPSA) is 90.4 Å². The summed E-state index contributed by atoms with van der Waals surface area (Å²) in [6.45, 7) is 2.38. The number of non-ortho nitro benzene ring substituents is 1. The molecular weight excluding hydrogens is 238 g/mol. The van der Waals surface area contributed by atoms with Crippen molar-refractivity contribution < 1.29 is 14.1 Å². The molecule has 0 amide bonds. The number of methoxy groups -OCH3 is 1. The molecule has 1 aromatic heterocycles. The molecule has 96 valence electrons. The summed E-state index contributed by atoms with van der Waals surface area (Å²) in [7, 11) is 1.59. The number of fused-ring (bicyclic) bond motifs is 1. The van der Waals surface area contributed by atoms with Gasteiger partial charge in [0.25, 0.3) is 11.7 Å². The molecular formula is C11H13N3O4. The van der Waals surface area contributed by atoms with E-state index in [-0.39, 0.29) is 23.3 Å². The van der Waals surface area contributed by atoms with Crippen LogP contribution in [0.1, 0.15) is 6.92 Å². The van der Waals surface area contributed by atoms with Crippen LogP contribution in [-0.4, -0.2) is 29.7 Å². The number of anilines is 1. The minimum absolute atomic E-state index is 0.00196. The molecule has 7 nitrogen and oxygen atoms in total. The first-order chi connectivity index (χ1) is 8.61. The minimum atomic E-state index is -0.479. The summed E-state index contributed by atoms with van der Waals surface area (Å²) in [5.41, 5.74) is 0.564. The van der Waals surface area contributed by atoms with E-state index < -0.39 is 4.92 Å². The summed E-state index contributed by atoms with van der Waals surface area (Å²) < 4.78 is 10.4. The number of aromatic nitrogens is 1. The van der Waals surface area contributed by atoms with Crippen molar-refractivity contribution in [2.24, 2.45) is 0 Å². The number of para-hydroxylation sites is 1. The van der Waals surface area contributed by atoms with E-state index in [0.29, 0.717) is 12.2 Å². The fraction of sp³-hybridized carbons (Fsp3) is 0.364. The van der Waals surface area contributed by atoms with Crippen molar-refractivity contribution in [3.05, 3.63) is 28.3 Å². The van der Waals surface area contributed by atoms with Gasteiger partial charge in [0.05, 0.1) is 17.6 Å². The highest BCUT2D eigenvalue weighted by Gasteiger charge is 2.17. The van der Waals surface area contributed by atoms with Crippen molar-refractivity contribution in [1.82, 2.24) is 4.98 Å². The molecule has 0 spiro atoms. The maximum absolute atomic E-state index is 10.8. The predicted molar refractivity (Wildman–Crippen MR) is 65.6 cm³/mol. The number of benzene rings is 1. The maximum atomic E-state index is 10.8. The lowest BCUT2D eigenvalue weighted by atomic mass is 10.3. The first-order valence-corrected chi connectivity index (χ1v) is 5.41. The quantitative estimate of drug-likeness (QED) is 0.647. The Morgan fingerprint density at radius 2 is 2.39 bits per heavy atom. The van der Waals surface area contributed by atoms with E-state index in [0.717, 1.165) is 0 Å². The second kappa shape index (κ2) is 5.01. The molecule has 7 heteroatoms. The summed E-state index contributed by atoms with van der Waals surface area (Å²) in [6, 6.07) is 4.86. The summed E-state index contributed by atoms with van der Waals surface area (Å²) in [4.78, 5) is 14.4. The van der Waals surface area contributed by atoms with Gasteiger partial charge in [0.15, 0.2) is 11.1 Å². The fourth-order valence-electron chi connectivity index (χ4n) is 1.65. The lowest BCUT2D eigenvalue weighted by molar-refractivity contribution is -0.383. The summed E-state index contributed by atoms with van der Waals surface area (Å²) in [5.74, 6) is 0. The Labute approximate surface area is 103 Å². The van der Waals surface area contributed by atoms with Gasteiger partial charge >= 0.3 is 0 Å². The first-order valence-electron chi connectivity index (χ1n) is 5.41. The summed E-state index contributed by atoms with van der Waals surface area (Å²) in [6.07, 6.45) is 0. The zero-order valence-electron chi connectivity index (χ0n) is 10.0. The molecule has 2 aromatic rings. The van der Waals surface area contributed by atoms with E-state index in [1.807, 2.05) is 6.92 Å². The standard InChI is InChI=1S/C11H13N3O4/c1-7(6-17-2)12-11-13-10-8(14(15)16)4-3-5-9(10)18-11/h3-5,7H,6H2,1-2H3,(H,12,13). The van der Waals surface area contributed by atoms with Gasteiger partial charge in [-0.25, -0.2) is 0 Å². The molecule has 1 unspecified atom stereocenters. The molecule has 0 bridgehead atoms. The fourth-order valence-corrected chi connectivity index (χ4v) is 1.65. The van der Waals surface area contributed by atoms with Gasteiger partial charge in [0.2, 0.25) is 0 Å². The maximum Gasteiger partial charge on any atom is 0.298 e. The van der Waals surface area contributed by atoms with Crippen LogP contribution >= 0.6 is 0 Å². The van der Waals surface area contributed by atoms with Crippen LogP contribution in [0.15, 0.2) is 22.6 Å². The molecule has 1 atom stereocenters. The Bertz CT molecular complexity index is 566. The smallest absolute Gasteiger partial charge is 0.298 e. The molecule has 1 aromatic carbocycles. The zero-order chi connectivity index (χ0) is 13.1. The number of hydrogen-bond acceptors (Lipinski definition) is 6. The monoisotopic (exact) mass is 251 g/mol. The molecule has 0 fully saturated rings. The van der Waals surface area contributed by atoms with E-state index in [4.69, 9.17) is 9.15 Å². The van der Waals surface area contributed by atoms with E-state index >= 15 is 0 Å². The second-order valence-corrected chi connectivity index (χ2v) is 3.90. The highest BCUT2D eigenvalue weighted by molar-refractivity contribution is 5.84. The van der Waals surface area contributed by atoms with Gasteiger partial charge < -0.3 is 14.5 Å².